The molecule has 2 nitrogen and oxygen atoms in total. The van der Waals surface area contributed by atoms with Gasteiger partial charge in [0.05, 0.1) is 13.7 Å². The van der Waals surface area contributed by atoms with Crippen LogP contribution in [0.25, 0.3) is 5.76 Å². The number of rotatable bonds is 2. The molecular weight excluding hydrogens is 176 g/mol. The van der Waals surface area contributed by atoms with Gasteiger partial charge in [-0.2, -0.15) is 0 Å². The molecule has 1 heterocycles. The summed E-state index contributed by atoms with van der Waals surface area (Å²) in [6.45, 7) is 4.69. The van der Waals surface area contributed by atoms with Gasteiger partial charge in [-0.3, -0.25) is 0 Å². The summed E-state index contributed by atoms with van der Waals surface area (Å²) in [6.07, 6.45) is 2.12. The molecule has 0 fully saturated rings. The molecule has 0 aromatic heterocycles. The van der Waals surface area contributed by atoms with Crippen LogP contribution in [-0.4, -0.2) is 13.7 Å². The molecule has 0 aliphatic carbocycles. The van der Waals surface area contributed by atoms with Gasteiger partial charge in [0.25, 0.3) is 0 Å². The standard InChI is InChI=1S/C12H14O2/c1-9(13-2)10-5-3-7-12-11(10)6-4-8-14-12/h3,5,7H,1,4,6,8H2,2H3. The van der Waals surface area contributed by atoms with Crippen molar-refractivity contribution in [3.05, 3.63) is 35.9 Å². The van der Waals surface area contributed by atoms with Crippen LogP contribution in [0.2, 0.25) is 0 Å². The quantitative estimate of drug-likeness (QED) is 0.667. The summed E-state index contributed by atoms with van der Waals surface area (Å²) in [5.41, 5.74) is 2.30. The number of fused-ring (bicyclic) bond motifs is 1. The van der Waals surface area contributed by atoms with Gasteiger partial charge in [0.2, 0.25) is 0 Å². The van der Waals surface area contributed by atoms with Crippen LogP contribution in [-0.2, 0) is 11.2 Å². The third kappa shape index (κ3) is 1.48. The van der Waals surface area contributed by atoms with Crippen LogP contribution in [0.15, 0.2) is 24.8 Å². The average Bonchev–Trinajstić information content (AvgIpc) is 2.27. The second-order valence-corrected chi connectivity index (χ2v) is 3.36. The number of hydrogen-bond acceptors (Lipinski definition) is 2. The first-order chi connectivity index (χ1) is 6.83. The van der Waals surface area contributed by atoms with E-state index in [1.165, 1.54) is 5.56 Å². The molecule has 0 atom stereocenters. The van der Waals surface area contributed by atoms with E-state index in [4.69, 9.17) is 9.47 Å². The smallest absolute Gasteiger partial charge is 0.123 e. The van der Waals surface area contributed by atoms with Crippen LogP contribution < -0.4 is 4.74 Å². The second-order valence-electron chi connectivity index (χ2n) is 3.36. The van der Waals surface area contributed by atoms with Gasteiger partial charge in [-0.05, 0) is 18.9 Å². The second kappa shape index (κ2) is 3.74. The summed E-state index contributed by atoms with van der Waals surface area (Å²) in [5, 5.41) is 0. The molecule has 0 amide bonds. The third-order valence-corrected chi connectivity index (χ3v) is 2.51. The van der Waals surface area contributed by atoms with E-state index in [0.717, 1.165) is 30.8 Å². The Morgan fingerprint density at radius 2 is 2.36 bits per heavy atom. The molecule has 1 aromatic rings. The van der Waals surface area contributed by atoms with E-state index in [0.29, 0.717) is 5.76 Å². The fourth-order valence-electron chi connectivity index (χ4n) is 1.76. The fourth-order valence-corrected chi connectivity index (χ4v) is 1.76. The summed E-state index contributed by atoms with van der Waals surface area (Å²) in [7, 11) is 1.64. The molecular formula is C12H14O2. The minimum absolute atomic E-state index is 0.715. The summed E-state index contributed by atoms with van der Waals surface area (Å²) in [4.78, 5) is 0. The lowest BCUT2D eigenvalue weighted by molar-refractivity contribution is 0.287. The Morgan fingerprint density at radius 1 is 1.50 bits per heavy atom. The van der Waals surface area contributed by atoms with E-state index in [-0.39, 0.29) is 0 Å². The molecule has 2 heteroatoms. The molecule has 0 N–H and O–H groups in total. The molecule has 1 aliphatic rings. The van der Waals surface area contributed by atoms with E-state index < -0.39 is 0 Å². The highest BCUT2D eigenvalue weighted by molar-refractivity contribution is 5.64. The average molecular weight is 190 g/mol. The van der Waals surface area contributed by atoms with Crippen LogP contribution in [0, 0.1) is 0 Å². The topological polar surface area (TPSA) is 18.5 Å². The van der Waals surface area contributed by atoms with Crippen molar-refractivity contribution in [2.24, 2.45) is 0 Å². The first kappa shape index (κ1) is 9.13. The maximum Gasteiger partial charge on any atom is 0.123 e. The normalized spacial score (nSPS) is 14.1. The molecule has 0 radical (unpaired) electrons. The van der Waals surface area contributed by atoms with Gasteiger partial charge in [-0.1, -0.05) is 18.7 Å². The molecule has 0 unspecified atom stereocenters. The van der Waals surface area contributed by atoms with Gasteiger partial charge < -0.3 is 9.47 Å². The minimum atomic E-state index is 0.715. The molecule has 0 saturated carbocycles. The Balaban J connectivity index is 2.45. The van der Waals surface area contributed by atoms with E-state index >= 15 is 0 Å². The lowest BCUT2D eigenvalue weighted by Crippen LogP contribution is -2.10. The Bertz CT molecular complexity index is 355. The first-order valence-electron chi connectivity index (χ1n) is 4.81. The molecule has 0 bridgehead atoms. The van der Waals surface area contributed by atoms with Crippen molar-refractivity contribution >= 4 is 5.76 Å². The molecule has 0 spiro atoms. The lowest BCUT2D eigenvalue weighted by Gasteiger charge is -2.20. The van der Waals surface area contributed by atoms with Crippen LogP contribution in [0.5, 0.6) is 5.75 Å². The van der Waals surface area contributed by atoms with Crippen molar-refractivity contribution in [2.75, 3.05) is 13.7 Å². The van der Waals surface area contributed by atoms with E-state index in [2.05, 4.69) is 6.58 Å². The van der Waals surface area contributed by atoms with E-state index in [9.17, 15) is 0 Å². The maximum atomic E-state index is 5.56. The Labute approximate surface area is 84.2 Å². The zero-order chi connectivity index (χ0) is 9.97. The van der Waals surface area contributed by atoms with Crippen molar-refractivity contribution in [1.82, 2.24) is 0 Å². The molecule has 0 saturated heterocycles. The van der Waals surface area contributed by atoms with Gasteiger partial charge in [-0.25, -0.2) is 0 Å². The maximum absolute atomic E-state index is 5.56. The summed E-state index contributed by atoms with van der Waals surface area (Å²) in [6, 6.07) is 6.00. The highest BCUT2D eigenvalue weighted by Crippen LogP contribution is 2.31. The van der Waals surface area contributed by atoms with Gasteiger partial charge in [0.1, 0.15) is 11.5 Å². The van der Waals surface area contributed by atoms with Crippen molar-refractivity contribution in [2.45, 2.75) is 12.8 Å². The number of methoxy groups -OCH3 is 1. The summed E-state index contributed by atoms with van der Waals surface area (Å²) in [5.74, 6) is 1.69. The van der Waals surface area contributed by atoms with Crippen LogP contribution in [0.3, 0.4) is 0 Å². The zero-order valence-corrected chi connectivity index (χ0v) is 8.38. The SMILES string of the molecule is C=C(OC)c1cccc2c1CCCO2. The van der Waals surface area contributed by atoms with Crippen LogP contribution >= 0.6 is 0 Å². The molecule has 14 heavy (non-hydrogen) atoms. The Hall–Kier alpha value is -1.44. The van der Waals surface area contributed by atoms with Crippen molar-refractivity contribution in [3.8, 4) is 5.75 Å². The largest absolute Gasteiger partial charge is 0.497 e. The van der Waals surface area contributed by atoms with Gasteiger partial charge in [0.15, 0.2) is 0 Å². The number of benzene rings is 1. The highest BCUT2D eigenvalue weighted by Gasteiger charge is 2.15. The lowest BCUT2D eigenvalue weighted by atomic mass is 9.99. The molecule has 1 aliphatic heterocycles. The van der Waals surface area contributed by atoms with Crippen molar-refractivity contribution < 1.29 is 9.47 Å². The molecule has 74 valence electrons. The number of hydrogen-bond donors (Lipinski definition) is 0. The number of ether oxygens (including phenoxy) is 2. The fraction of sp³-hybridized carbons (Fsp3) is 0.333. The van der Waals surface area contributed by atoms with Crippen molar-refractivity contribution in [3.63, 3.8) is 0 Å². The predicted molar refractivity (Wildman–Crippen MR) is 56.3 cm³/mol. The summed E-state index contributed by atoms with van der Waals surface area (Å²) >= 11 is 0. The Kier molecular flexibility index (Phi) is 2.44. The zero-order valence-electron chi connectivity index (χ0n) is 8.38. The molecule has 2 rings (SSSR count). The van der Waals surface area contributed by atoms with Gasteiger partial charge in [0, 0.05) is 11.1 Å². The molecule has 1 aromatic carbocycles. The van der Waals surface area contributed by atoms with Gasteiger partial charge >= 0.3 is 0 Å². The van der Waals surface area contributed by atoms with E-state index in [1.54, 1.807) is 7.11 Å². The summed E-state index contributed by atoms with van der Waals surface area (Å²) < 4.78 is 10.7. The van der Waals surface area contributed by atoms with E-state index in [1.807, 2.05) is 18.2 Å². The Morgan fingerprint density at radius 3 is 3.14 bits per heavy atom. The predicted octanol–water partition coefficient (Wildman–Crippen LogP) is 2.63. The van der Waals surface area contributed by atoms with Crippen LogP contribution in [0.1, 0.15) is 17.5 Å². The van der Waals surface area contributed by atoms with Crippen molar-refractivity contribution in [1.29, 1.82) is 0 Å². The third-order valence-electron chi connectivity index (χ3n) is 2.51. The van der Waals surface area contributed by atoms with Crippen LogP contribution in [0.4, 0.5) is 0 Å². The van der Waals surface area contributed by atoms with Gasteiger partial charge in [-0.15, -0.1) is 0 Å². The first-order valence-corrected chi connectivity index (χ1v) is 4.81. The minimum Gasteiger partial charge on any atom is -0.497 e. The monoisotopic (exact) mass is 190 g/mol. The highest BCUT2D eigenvalue weighted by atomic mass is 16.5.